The van der Waals surface area contributed by atoms with Gasteiger partial charge in [-0.1, -0.05) is 45.0 Å². The van der Waals surface area contributed by atoms with Crippen LogP contribution in [0.15, 0.2) is 48.5 Å². The lowest BCUT2D eigenvalue weighted by Gasteiger charge is -2.39. The van der Waals surface area contributed by atoms with E-state index in [0.717, 1.165) is 31.5 Å². The Kier molecular flexibility index (Phi) is 5.50. The Morgan fingerprint density at radius 1 is 0.971 bits per heavy atom. The van der Waals surface area contributed by atoms with Gasteiger partial charge in [0, 0.05) is 31.4 Å². The second-order valence-electron chi connectivity index (χ2n) is 11.3. The van der Waals surface area contributed by atoms with Crippen molar-refractivity contribution in [3.8, 4) is 0 Å². The number of para-hydroxylation sites is 1. The Labute approximate surface area is 201 Å². The number of hydrogen-bond donors (Lipinski definition) is 1. The molecule has 0 unspecified atom stereocenters. The van der Waals surface area contributed by atoms with E-state index in [2.05, 4.69) is 31.0 Å². The summed E-state index contributed by atoms with van der Waals surface area (Å²) in [6.07, 6.45) is 3.88. The lowest BCUT2D eigenvalue weighted by molar-refractivity contribution is 0.0652. The first-order chi connectivity index (χ1) is 16.2. The number of likely N-dealkylation sites (tertiary alicyclic amines) is 1. The summed E-state index contributed by atoms with van der Waals surface area (Å²) in [5.74, 6) is -0.365. The van der Waals surface area contributed by atoms with Gasteiger partial charge in [-0.3, -0.25) is 19.3 Å². The Hall–Kier alpha value is -3.15. The quantitative estimate of drug-likeness (QED) is 0.496. The molecule has 1 saturated carbocycles. The minimum atomic E-state index is -0.229. The summed E-state index contributed by atoms with van der Waals surface area (Å²) >= 11 is 0. The molecule has 0 spiro atoms. The predicted octanol–water partition coefficient (Wildman–Crippen LogP) is 4.83. The average Bonchev–Trinajstić information content (AvgIpc) is 3.19. The smallest absolute Gasteiger partial charge is 0.261 e. The monoisotopic (exact) mass is 459 g/mol. The molecule has 5 rings (SSSR count). The fourth-order valence-corrected chi connectivity index (χ4v) is 6.58. The van der Waals surface area contributed by atoms with Gasteiger partial charge in [0.1, 0.15) is 0 Å². The molecule has 2 aromatic carbocycles. The molecule has 3 aliphatic rings. The number of benzene rings is 2. The van der Waals surface area contributed by atoms with Crippen LogP contribution in [0.1, 0.15) is 77.5 Å². The summed E-state index contributed by atoms with van der Waals surface area (Å²) in [6.45, 7) is 8.67. The van der Waals surface area contributed by atoms with Crippen LogP contribution in [0.3, 0.4) is 0 Å². The van der Waals surface area contributed by atoms with E-state index in [1.165, 1.54) is 4.90 Å². The summed E-state index contributed by atoms with van der Waals surface area (Å²) in [5.41, 5.74) is 2.90. The number of carbonyl (C=O) groups is 3. The molecule has 6 nitrogen and oxygen atoms in total. The predicted molar refractivity (Wildman–Crippen MR) is 132 cm³/mol. The first-order valence-electron chi connectivity index (χ1n) is 12.3. The van der Waals surface area contributed by atoms with Gasteiger partial charge in [0.05, 0.1) is 16.7 Å². The largest absolute Gasteiger partial charge is 0.384 e. The Balaban J connectivity index is 1.22. The van der Waals surface area contributed by atoms with Gasteiger partial charge in [-0.05, 0) is 60.8 Å². The number of nitrogens with one attached hydrogen (secondary N) is 1. The van der Waals surface area contributed by atoms with Crippen LogP contribution in [0.2, 0.25) is 0 Å². The van der Waals surface area contributed by atoms with E-state index in [0.29, 0.717) is 42.2 Å². The number of fused-ring (bicyclic) bond motifs is 3. The molecular formula is C28H33N3O3. The fraction of sp³-hybridized carbons (Fsp3) is 0.464. The maximum Gasteiger partial charge on any atom is 0.261 e. The SMILES string of the molecule is CC1(C)C[C@@H]2C[C@](C)(CN2C(=O)c2ccccc2NCCCN2C(=O)c3ccccc3C2=O)C1. The summed E-state index contributed by atoms with van der Waals surface area (Å²) in [4.78, 5) is 42.1. The standard InChI is InChI=1S/C28H33N3O3/c1-27(2)15-19-16-28(3,17-27)18-31(19)26(34)22-11-6-7-12-23(22)29-13-8-14-30-24(32)20-9-4-5-10-21(20)25(30)33/h4-7,9-12,19,29H,8,13-18H2,1-3H3/t19-,28+/m1/s1. The zero-order valence-corrected chi connectivity index (χ0v) is 20.3. The van der Waals surface area contributed by atoms with Crippen LogP contribution in [0.5, 0.6) is 0 Å². The number of imide groups is 1. The minimum Gasteiger partial charge on any atom is -0.384 e. The fourth-order valence-electron chi connectivity index (χ4n) is 6.58. The lowest BCUT2D eigenvalue weighted by atomic mass is 9.65. The topological polar surface area (TPSA) is 69.7 Å². The first kappa shape index (κ1) is 22.6. The van der Waals surface area contributed by atoms with Crippen LogP contribution in [0.4, 0.5) is 5.69 Å². The van der Waals surface area contributed by atoms with Gasteiger partial charge in [0.15, 0.2) is 0 Å². The molecule has 0 aromatic heterocycles. The Morgan fingerprint density at radius 2 is 1.62 bits per heavy atom. The number of carbonyl (C=O) groups excluding carboxylic acids is 3. The van der Waals surface area contributed by atoms with E-state index in [4.69, 9.17) is 0 Å². The molecule has 2 bridgehead atoms. The van der Waals surface area contributed by atoms with Gasteiger partial charge < -0.3 is 10.2 Å². The third-order valence-electron chi connectivity index (χ3n) is 7.59. The van der Waals surface area contributed by atoms with Crippen LogP contribution in [-0.2, 0) is 0 Å². The summed E-state index contributed by atoms with van der Waals surface area (Å²) in [6, 6.07) is 14.9. The highest BCUT2D eigenvalue weighted by Gasteiger charge is 2.51. The highest BCUT2D eigenvalue weighted by molar-refractivity contribution is 6.21. The number of anilines is 1. The Bertz CT molecular complexity index is 1120. The van der Waals surface area contributed by atoms with Crippen molar-refractivity contribution in [3.63, 3.8) is 0 Å². The lowest BCUT2D eigenvalue weighted by Crippen LogP contribution is -2.38. The van der Waals surface area contributed by atoms with Crippen molar-refractivity contribution in [2.24, 2.45) is 10.8 Å². The zero-order valence-electron chi connectivity index (χ0n) is 20.3. The second kappa shape index (κ2) is 8.26. The van der Waals surface area contributed by atoms with Crippen molar-refractivity contribution in [1.82, 2.24) is 9.80 Å². The highest BCUT2D eigenvalue weighted by atomic mass is 16.2. The van der Waals surface area contributed by atoms with Gasteiger partial charge in [-0.25, -0.2) is 0 Å². The second-order valence-corrected chi connectivity index (χ2v) is 11.3. The van der Waals surface area contributed by atoms with Crippen molar-refractivity contribution < 1.29 is 14.4 Å². The summed E-state index contributed by atoms with van der Waals surface area (Å²) < 4.78 is 0. The number of hydrogen-bond acceptors (Lipinski definition) is 4. The molecule has 1 saturated heterocycles. The maximum absolute atomic E-state index is 13.6. The molecule has 3 amide bonds. The van der Waals surface area contributed by atoms with Crippen LogP contribution in [0, 0.1) is 10.8 Å². The van der Waals surface area contributed by atoms with E-state index >= 15 is 0 Å². The van der Waals surface area contributed by atoms with E-state index < -0.39 is 0 Å². The van der Waals surface area contributed by atoms with Gasteiger partial charge in [0.2, 0.25) is 0 Å². The molecule has 34 heavy (non-hydrogen) atoms. The number of amides is 3. The number of rotatable bonds is 6. The molecule has 2 heterocycles. The molecular weight excluding hydrogens is 426 g/mol. The van der Waals surface area contributed by atoms with E-state index in [1.54, 1.807) is 24.3 Å². The summed E-state index contributed by atoms with van der Waals surface area (Å²) in [5, 5.41) is 3.38. The highest BCUT2D eigenvalue weighted by Crippen LogP contribution is 2.52. The van der Waals surface area contributed by atoms with Crippen LogP contribution in [-0.4, -0.2) is 53.2 Å². The molecule has 2 fully saturated rings. The van der Waals surface area contributed by atoms with Crippen molar-refractivity contribution in [2.45, 2.75) is 52.5 Å². The average molecular weight is 460 g/mol. The van der Waals surface area contributed by atoms with Gasteiger partial charge in [0.25, 0.3) is 17.7 Å². The van der Waals surface area contributed by atoms with E-state index in [-0.39, 0.29) is 28.6 Å². The van der Waals surface area contributed by atoms with Crippen LogP contribution >= 0.6 is 0 Å². The van der Waals surface area contributed by atoms with E-state index in [1.807, 2.05) is 24.3 Å². The normalized spacial score (nSPS) is 25.0. The molecule has 1 N–H and O–H groups in total. The van der Waals surface area contributed by atoms with Gasteiger partial charge >= 0.3 is 0 Å². The van der Waals surface area contributed by atoms with Crippen LogP contribution in [0.25, 0.3) is 0 Å². The molecule has 2 atom stereocenters. The molecule has 2 aliphatic heterocycles. The Morgan fingerprint density at radius 3 is 2.32 bits per heavy atom. The molecule has 2 aromatic rings. The van der Waals surface area contributed by atoms with Gasteiger partial charge in [-0.2, -0.15) is 0 Å². The maximum atomic E-state index is 13.6. The molecule has 6 heteroatoms. The van der Waals surface area contributed by atoms with Crippen molar-refractivity contribution in [2.75, 3.05) is 25.0 Å². The molecule has 1 aliphatic carbocycles. The zero-order chi connectivity index (χ0) is 24.1. The summed E-state index contributed by atoms with van der Waals surface area (Å²) in [7, 11) is 0. The minimum absolute atomic E-state index is 0.0925. The first-order valence-corrected chi connectivity index (χ1v) is 12.3. The molecule has 0 radical (unpaired) electrons. The van der Waals surface area contributed by atoms with Gasteiger partial charge in [-0.15, -0.1) is 0 Å². The van der Waals surface area contributed by atoms with Crippen molar-refractivity contribution in [1.29, 1.82) is 0 Å². The molecule has 178 valence electrons. The van der Waals surface area contributed by atoms with Crippen molar-refractivity contribution >= 4 is 23.4 Å². The van der Waals surface area contributed by atoms with Crippen LogP contribution < -0.4 is 5.32 Å². The third kappa shape index (κ3) is 3.99. The number of nitrogens with zero attached hydrogens (tertiary/aromatic N) is 2. The van der Waals surface area contributed by atoms with E-state index in [9.17, 15) is 14.4 Å². The third-order valence-corrected chi connectivity index (χ3v) is 7.59. The van der Waals surface area contributed by atoms with Crippen molar-refractivity contribution in [3.05, 3.63) is 65.2 Å².